The van der Waals surface area contributed by atoms with Gasteiger partial charge in [-0.05, 0) is 65.7 Å². The highest BCUT2D eigenvalue weighted by molar-refractivity contribution is 7.12. The van der Waals surface area contributed by atoms with Gasteiger partial charge in [0.25, 0.3) is 11.8 Å². The first-order valence-electron chi connectivity index (χ1n) is 11.1. The molecule has 0 atom stereocenters. The van der Waals surface area contributed by atoms with Gasteiger partial charge in [0, 0.05) is 17.9 Å². The maximum Gasteiger partial charge on any atom is 0.268 e. The van der Waals surface area contributed by atoms with E-state index in [0.717, 1.165) is 39.7 Å². The number of benzene rings is 3. The quantitative estimate of drug-likeness (QED) is 0.392. The van der Waals surface area contributed by atoms with Crippen LogP contribution in [0, 0.1) is 0 Å². The first-order valence-corrected chi connectivity index (χ1v) is 12.0. The molecule has 1 aliphatic rings. The zero-order valence-corrected chi connectivity index (χ0v) is 19.2. The third-order valence-corrected chi connectivity index (χ3v) is 6.71. The van der Waals surface area contributed by atoms with Crippen LogP contribution in [0.3, 0.4) is 0 Å². The van der Waals surface area contributed by atoms with Crippen LogP contribution in [0.25, 0.3) is 10.8 Å². The number of amides is 2. The average Bonchev–Trinajstić information content (AvgIpc) is 3.38. The molecular formula is C27H24N2O3S. The molecule has 4 aromatic rings. The molecule has 0 radical (unpaired) electrons. The molecule has 0 fully saturated rings. The number of hydrogen-bond donors (Lipinski definition) is 1. The molecule has 6 heteroatoms. The topological polar surface area (TPSA) is 58.6 Å². The van der Waals surface area contributed by atoms with Crippen LogP contribution < -0.4 is 15.0 Å². The Bertz CT molecular complexity index is 1330. The molecule has 1 aliphatic heterocycles. The van der Waals surface area contributed by atoms with Crippen molar-refractivity contribution in [2.45, 2.75) is 19.8 Å². The van der Waals surface area contributed by atoms with Gasteiger partial charge in [0.05, 0.1) is 17.0 Å². The van der Waals surface area contributed by atoms with E-state index in [1.165, 1.54) is 11.3 Å². The maximum atomic E-state index is 13.4. The SMILES string of the molecule is CCOc1ccc2ccccc2c1C(=O)Nc1ccc2c(c1)N(C(=O)c1cccs1)CCC2. The van der Waals surface area contributed by atoms with E-state index in [1.807, 2.05) is 83.9 Å². The van der Waals surface area contributed by atoms with E-state index in [9.17, 15) is 9.59 Å². The van der Waals surface area contributed by atoms with Crippen molar-refractivity contribution in [1.82, 2.24) is 0 Å². The number of hydrogen-bond acceptors (Lipinski definition) is 4. The van der Waals surface area contributed by atoms with Gasteiger partial charge in [-0.15, -0.1) is 11.3 Å². The Balaban J connectivity index is 1.49. The minimum absolute atomic E-state index is 0.00196. The van der Waals surface area contributed by atoms with Crippen molar-refractivity contribution in [1.29, 1.82) is 0 Å². The maximum absolute atomic E-state index is 13.4. The molecule has 0 bridgehead atoms. The van der Waals surface area contributed by atoms with Crippen molar-refractivity contribution >= 4 is 45.3 Å². The predicted molar refractivity (Wildman–Crippen MR) is 134 cm³/mol. The number of carbonyl (C=O) groups excluding carboxylic acids is 2. The summed E-state index contributed by atoms with van der Waals surface area (Å²) in [5, 5.41) is 6.77. The van der Waals surface area contributed by atoms with E-state index >= 15 is 0 Å². The lowest BCUT2D eigenvalue weighted by atomic mass is 10.00. The summed E-state index contributed by atoms with van der Waals surface area (Å²) in [6, 6.07) is 21.1. The Labute approximate surface area is 196 Å². The van der Waals surface area contributed by atoms with Crippen LogP contribution in [0.2, 0.25) is 0 Å². The fourth-order valence-electron chi connectivity index (χ4n) is 4.35. The lowest BCUT2D eigenvalue weighted by Gasteiger charge is -2.29. The molecule has 2 amide bonds. The normalized spacial score (nSPS) is 12.9. The standard InChI is InChI=1S/C27H24N2O3S/c1-2-32-23-14-12-18-7-3-4-9-21(18)25(23)26(30)28-20-13-11-19-8-5-15-29(22(19)17-20)27(31)24-10-6-16-33-24/h3-4,6-7,9-14,16-17H,2,5,8,15H2,1H3,(H,28,30). The van der Waals surface area contributed by atoms with Gasteiger partial charge in [-0.2, -0.15) is 0 Å². The Kier molecular flexibility index (Phi) is 5.84. The summed E-state index contributed by atoms with van der Waals surface area (Å²) < 4.78 is 5.77. The van der Waals surface area contributed by atoms with Crippen molar-refractivity contribution in [2.24, 2.45) is 0 Å². The molecule has 0 saturated heterocycles. The molecule has 0 saturated carbocycles. The van der Waals surface area contributed by atoms with Gasteiger partial charge in [0.2, 0.25) is 0 Å². The average molecular weight is 457 g/mol. The summed E-state index contributed by atoms with van der Waals surface area (Å²) in [4.78, 5) is 29.0. The van der Waals surface area contributed by atoms with E-state index in [4.69, 9.17) is 4.74 Å². The summed E-state index contributed by atoms with van der Waals surface area (Å²) >= 11 is 1.44. The van der Waals surface area contributed by atoms with E-state index < -0.39 is 0 Å². The Morgan fingerprint density at radius 1 is 1.06 bits per heavy atom. The molecule has 0 unspecified atom stereocenters. The van der Waals surface area contributed by atoms with Crippen molar-refractivity contribution in [3.05, 3.63) is 88.1 Å². The summed E-state index contributed by atoms with van der Waals surface area (Å²) in [5.41, 5.74) is 3.14. The van der Waals surface area contributed by atoms with Crippen LogP contribution in [0.1, 0.15) is 38.9 Å². The zero-order valence-electron chi connectivity index (χ0n) is 18.3. The van der Waals surface area contributed by atoms with Crippen LogP contribution in [0.15, 0.2) is 72.1 Å². The molecule has 5 nitrogen and oxygen atoms in total. The number of nitrogens with zero attached hydrogens (tertiary/aromatic N) is 1. The summed E-state index contributed by atoms with van der Waals surface area (Å²) in [7, 11) is 0. The molecule has 0 spiro atoms. The third-order valence-electron chi connectivity index (χ3n) is 5.86. The number of fused-ring (bicyclic) bond motifs is 2. The van der Waals surface area contributed by atoms with E-state index in [-0.39, 0.29) is 11.8 Å². The lowest BCUT2D eigenvalue weighted by molar-refractivity contribution is 0.0987. The second kappa shape index (κ2) is 9.08. The van der Waals surface area contributed by atoms with Gasteiger partial charge in [0.15, 0.2) is 0 Å². The van der Waals surface area contributed by atoms with Gasteiger partial charge in [0.1, 0.15) is 5.75 Å². The monoisotopic (exact) mass is 456 g/mol. The molecule has 33 heavy (non-hydrogen) atoms. The molecule has 1 N–H and O–H groups in total. The first-order chi connectivity index (χ1) is 16.2. The molecule has 1 aromatic heterocycles. The highest BCUT2D eigenvalue weighted by Gasteiger charge is 2.25. The number of ether oxygens (including phenoxy) is 1. The van der Waals surface area contributed by atoms with Crippen LogP contribution >= 0.6 is 11.3 Å². The molecule has 3 aromatic carbocycles. The second-order valence-electron chi connectivity index (χ2n) is 7.93. The minimum Gasteiger partial charge on any atom is -0.493 e. The highest BCUT2D eigenvalue weighted by atomic mass is 32.1. The zero-order chi connectivity index (χ0) is 22.8. The molecular weight excluding hydrogens is 432 g/mol. The van der Waals surface area contributed by atoms with Crippen molar-refractivity contribution in [3.63, 3.8) is 0 Å². The van der Waals surface area contributed by atoms with Crippen LogP contribution in [-0.4, -0.2) is 25.0 Å². The van der Waals surface area contributed by atoms with Gasteiger partial charge in [-0.25, -0.2) is 0 Å². The second-order valence-corrected chi connectivity index (χ2v) is 8.88. The molecule has 166 valence electrons. The minimum atomic E-state index is -0.234. The number of thiophene rings is 1. The van der Waals surface area contributed by atoms with Gasteiger partial charge < -0.3 is 15.0 Å². The van der Waals surface area contributed by atoms with Crippen LogP contribution in [0.4, 0.5) is 11.4 Å². The summed E-state index contributed by atoms with van der Waals surface area (Å²) in [5.74, 6) is 0.324. The fourth-order valence-corrected chi connectivity index (χ4v) is 5.02. The van der Waals surface area contributed by atoms with Crippen LogP contribution in [-0.2, 0) is 6.42 Å². The van der Waals surface area contributed by atoms with E-state index in [1.54, 1.807) is 0 Å². The largest absolute Gasteiger partial charge is 0.493 e. The molecule has 2 heterocycles. The number of rotatable bonds is 5. The van der Waals surface area contributed by atoms with Gasteiger partial charge >= 0.3 is 0 Å². The number of aryl methyl sites for hydroxylation is 1. The van der Waals surface area contributed by atoms with E-state index in [0.29, 0.717) is 30.2 Å². The Hall–Kier alpha value is -3.64. The molecule has 5 rings (SSSR count). The van der Waals surface area contributed by atoms with Crippen molar-refractivity contribution in [2.75, 3.05) is 23.4 Å². The number of nitrogens with one attached hydrogen (secondary N) is 1. The van der Waals surface area contributed by atoms with Crippen LogP contribution in [0.5, 0.6) is 5.75 Å². The smallest absolute Gasteiger partial charge is 0.268 e. The van der Waals surface area contributed by atoms with Gasteiger partial charge in [-0.1, -0.05) is 42.5 Å². The summed E-state index contributed by atoms with van der Waals surface area (Å²) in [6.45, 7) is 3.04. The van der Waals surface area contributed by atoms with Crippen molar-refractivity contribution in [3.8, 4) is 5.75 Å². The van der Waals surface area contributed by atoms with Crippen molar-refractivity contribution < 1.29 is 14.3 Å². The summed E-state index contributed by atoms with van der Waals surface area (Å²) in [6.07, 6.45) is 1.83. The lowest BCUT2D eigenvalue weighted by Crippen LogP contribution is -2.35. The fraction of sp³-hybridized carbons (Fsp3) is 0.185. The Morgan fingerprint density at radius 2 is 1.94 bits per heavy atom. The van der Waals surface area contributed by atoms with E-state index in [2.05, 4.69) is 5.32 Å². The number of carbonyl (C=O) groups is 2. The molecule has 0 aliphatic carbocycles. The van der Waals surface area contributed by atoms with Gasteiger partial charge in [-0.3, -0.25) is 9.59 Å². The number of anilines is 2. The third kappa shape index (κ3) is 4.10. The predicted octanol–water partition coefficient (Wildman–Crippen LogP) is 6.15. The Morgan fingerprint density at radius 3 is 2.76 bits per heavy atom. The highest BCUT2D eigenvalue weighted by Crippen LogP contribution is 2.33. The first kappa shape index (κ1) is 21.2.